The Labute approximate surface area is 163 Å². The maximum absolute atomic E-state index is 12.9. The van der Waals surface area contributed by atoms with Crippen molar-refractivity contribution in [1.82, 2.24) is 20.0 Å². The van der Waals surface area contributed by atoms with Crippen molar-refractivity contribution >= 4 is 30.1 Å². The first kappa shape index (κ1) is 20.7. The lowest BCUT2D eigenvalue weighted by atomic mass is 10.0. The molecule has 0 aromatic carbocycles. The van der Waals surface area contributed by atoms with Gasteiger partial charge in [-0.1, -0.05) is 5.16 Å². The molecule has 3 rings (SSSR count). The molecule has 0 bridgehead atoms. The van der Waals surface area contributed by atoms with Crippen LogP contribution < -0.4 is 5.73 Å². The average Bonchev–Trinajstić information content (AvgIpc) is 3.30. The quantitative estimate of drug-likeness (QED) is 0.827. The van der Waals surface area contributed by atoms with Gasteiger partial charge in [-0.2, -0.15) is 16.7 Å². The molecule has 7 nitrogen and oxygen atoms in total. The zero-order valence-corrected chi connectivity index (χ0v) is 16.7. The van der Waals surface area contributed by atoms with Crippen LogP contribution in [-0.4, -0.2) is 49.5 Å². The molecule has 2 aromatic heterocycles. The van der Waals surface area contributed by atoms with E-state index in [1.54, 1.807) is 29.1 Å². The summed E-state index contributed by atoms with van der Waals surface area (Å²) in [4.78, 5) is 23.2. The number of likely N-dealkylation sites (tertiary alicyclic amines) is 1. The first-order valence-electron chi connectivity index (χ1n) is 8.29. The van der Waals surface area contributed by atoms with E-state index in [0.717, 1.165) is 18.4 Å². The lowest BCUT2D eigenvalue weighted by molar-refractivity contribution is -0.134. The number of nitrogens with two attached hydrogens (primary N) is 1. The molecule has 0 radical (unpaired) electrons. The highest BCUT2D eigenvalue weighted by Gasteiger charge is 2.40. The van der Waals surface area contributed by atoms with E-state index in [-0.39, 0.29) is 29.1 Å². The van der Waals surface area contributed by atoms with Crippen LogP contribution in [0.25, 0.3) is 11.4 Å². The van der Waals surface area contributed by atoms with Gasteiger partial charge in [0.05, 0.1) is 6.04 Å². The number of amides is 1. The third kappa shape index (κ3) is 4.02. The van der Waals surface area contributed by atoms with Crippen molar-refractivity contribution in [3.8, 4) is 11.4 Å². The van der Waals surface area contributed by atoms with Crippen molar-refractivity contribution in [2.75, 3.05) is 12.8 Å². The van der Waals surface area contributed by atoms with Gasteiger partial charge in [0.1, 0.15) is 6.04 Å². The monoisotopic (exact) mass is 397 g/mol. The normalized spacial score (nSPS) is 18.5. The lowest BCUT2D eigenvalue weighted by Gasteiger charge is -2.33. The molecule has 0 aliphatic carbocycles. The number of halogens is 1. The third-order valence-corrected chi connectivity index (χ3v) is 6.05. The number of thioether (sulfide) groups is 1. The van der Waals surface area contributed by atoms with E-state index in [4.69, 9.17) is 10.3 Å². The third-order valence-electron chi connectivity index (χ3n) is 4.74. The molecule has 1 amide bonds. The van der Waals surface area contributed by atoms with Crippen molar-refractivity contribution in [1.29, 1.82) is 0 Å². The Morgan fingerprint density at radius 2 is 2.12 bits per heavy atom. The van der Waals surface area contributed by atoms with Crippen LogP contribution in [-0.2, 0) is 4.79 Å². The fourth-order valence-electron chi connectivity index (χ4n) is 2.88. The molecule has 3 heterocycles. The van der Waals surface area contributed by atoms with Gasteiger partial charge in [-0.05, 0) is 45.1 Å². The van der Waals surface area contributed by atoms with Gasteiger partial charge in [0.25, 0.3) is 0 Å². The maximum atomic E-state index is 12.9. The summed E-state index contributed by atoms with van der Waals surface area (Å²) in [6.45, 7) is 4.63. The smallest absolute Gasteiger partial charge is 0.249 e. The fraction of sp³-hybridized carbons (Fsp3) is 0.529. The van der Waals surface area contributed by atoms with E-state index >= 15 is 0 Å². The van der Waals surface area contributed by atoms with Crippen LogP contribution in [0.2, 0.25) is 0 Å². The first-order valence-corrected chi connectivity index (χ1v) is 9.51. The lowest BCUT2D eigenvalue weighted by Crippen LogP contribution is -2.53. The molecule has 9 heteroatoms. The SMILES string of the molecule is CSC(C)(C)[C@H](N)C(=O)N1CCC[C@H]1c1nc(-c2ccncc2)no1.Cl. The van der Waals surface area contributed by atoms with Gasteiger partial charge in [-0.25, -0.2) is 0 Å². The predicted octanol–water partition coefficient (Wildman–Crippen LogP) is 2.69. The van der Waals surface area contributed by atoms with Gasteiger partial charge in [-0.3, -0.25) is 9.78 Å². The molecule has 142 valence electrons. The van der Waals surface area contributed by atoms with Gasteiger partial charge in [0, 0.05) is 29.2 Å². The van der Waals surface area contributed by atoms with Crippen molar-refractivity contribution < 1.29 is 9.32 Å². The summed E-state index contributed by atoms with van der Waals surface area (Å²) >= 11 is 1.59. The van der Waals surface area contributed by atoms with Crippen molar-refractivity contribution in [3.05, 3.63) is 30.4 Å². The van der Waals surface area contributed by atoms with Crippen molar-refractivity contribution in [2.24, 2.45) is 5.73 Å². The topological polar surface area (TPSA) is 98.1 Å². The van der Waals surface area contributed by atoms with Crippen LogP contribution in [0.1, 0.15) is 38.6 Å². The van der Waals surface area contributed by atoms with E-state index in [0.29, 0.717) is 18.3 Å². The number of nitrogens with zero attached hydrogens (tertiary/aromatic N) is 4. The van der Waals surface area contributed by atoms with Gasteiger partial charge in [0.15, 0.2) is 0 Å². The van der Waals surface area contributed by atoms with E-state index in [1.165, 1.54) is 0 Å². The highest BCUT2D eigenvalue weighted by atomic mass is 35.5. The Morgan fingerprint density at radius 3 is 2.77 bits per heavy atom. The summed E-state index contributed by atoms with van der Waals surface area (Å²) in [6, 6.07) is 2.86. The number of rotatable bonds is 5. The molecule has 0 unspecified atom stereocenters. The molecule has 1 saturated heterocycles. The summed E-state index contributed by atoms with van der Waals surface area (Å²) in [5.74, 6) is 0.905. The average molecular weight is 398 g/mol. The van der Waals surface area contributed by atoms with Gasteiger partial charge < -0.3 is 15.2 Å². The maximum Gasteiger partial charge on any atom is 0.249 e. The Morgan fingerprint density at radius 1 is 1.42 bits per heavy atom. The number of carbonyl (C=O) groups is 1. The van der Waals surface area contributed by atoms with Gasteiger partial charge in [0.2, 0.25) is 17.6 Å². The molecule has 2 atom stereocenters. The van der Waals surface area contributed by atoms with Gasteiger partial charge >= 0.3 is 0 Å². The largest absolute Gasteiger partial charge is 0.337 e. The minimum atomic E-state index is -0.578. The molecule has 0 saturated carbocycles. The second kappa shape index (κ2) is 8.37. The summed E-state index contributed by atoms with van der Waals surface area (Å²) in [5.41, 5.74) is 7.07. The minimum absolute atomic E-state index is 0. The van der Waals surface area contributed by atoms with Crippen LogP contribution >= 0.6 is 24.2 Å². The summed E-state index contributed by atoms with van der Waals surface area (Å²) in [6.07, 6.45) is 7.03. The van der Waals surface area contributed by atoms with Crippen LogP contribution in [0.15, 0.2) is 29.0 Å². The molecular formula is C17H24ClN5O2S. The highest BCUT2D eigenvalue weighted by molar-refractivity contribution is 8.00. The number of carbonyl (C=O) groups excluding carboxylic acids is 1. The predicted molar refractivity (Wildman–Crippen MR) is 104 cm³/mol. The highest BCUT2D eigenvalue weighted by Crippen LogP contribution is 2.34. The van der Waals surface area contributed by atoms with Crippen molar-refractivity contribution in [2.45, 2.75) is 43.5 Å². The van der Waals surface area contributed by atoms with Crippen LogP contribution in [0.3, 0.4) is 0 Å². The molecule has 1 aliphatic heterocycles. The first-order chi connectivity index (χ1) is 11.9. The second-order valence-electron chi connectivity index (χ2n) is 6.67. The molecule has 1 aliphatic rings. The summed E-state index contributed by atoms with van der Waals surface area (Å²) in [7, 11) is 0. The van der Waals surface area contributed by atoms with Gasteiger partial charge in [-0.15, -0.1) is 12.4 Å². The standard InChI is InChI=1S/C17H23N5O2S.ClH/c1-17(2,25-3)13(18)16(23)22-10-4-5-12(22)15-20-14(21-24-15)11-6-8-19-9-7-11;/h6-9,12-13H,4-5,10,18H2,1-3H3;1H/t12-,13+;/m0./s1. The number of hydrogen-bond donors (Lipinski definition) is 1. The number of hydrogen-bond acceptors (Lipinski definition) is 7. The van der Waals surface area contributed by atoms with E-state index in [1.807, 2.05) is 32.2 Å². The molecule has 1 fully saturated rings. The molecule has 2 aromatic rings. The summed E-state index contributed by atoms with van der Waals surface area (Å²) < 4.78 is 5.12. The fourth-order valence-corrected chi connectivity index (χ4v) is 3.23. The summed E-state index contributed by atoms with van der Waals surface area (Å²) in [5, 5.41) is 4.05. The van der Waals surface area contributed by atoms with Crippen LogP contribution in [0, 0.1) is 0 Å². The Kier molecular flexibility index (Phi) is 6.65. The second-order valence-corrected chi connectivity index (χ2v) is 8.13. The minimum Gasteiger partial charge on any atom is -0.337 e. The molecule has 26 heavy (non-hydrogen) atoms. The van der Waals surface area contributed by atoms with E-state index in [9.17, 15) is 4.79 Å². The van der Waals surface area contributed by atoms with Crippen LogP contribution in [0.5, 0.6) is 0 Å². The zero-order valence-electron chi connectivity index (χ0n) is 15.1. The Hall–Kier alpha value is -1.64. The van der Waals surface area contributed by atoms with Crippen LogP contribution in [0.4, 0.5) is 0 Å². The number of pyridine rings is 1. The molecule has 0 spiro atoms. The Bertz CT molecular complexity index is 740. The molecule has 2 N–H and O–H groups in total. The van der Waals surface area contributed by atoms with E-state index < -0.39 is 6.04 Å². The van der Waals surface area contributed by atoms with Crippen molar-refractivity contribution in [3.63, 3.8) is 0 Å². The number of aromatic nitrogens is 3. The zero-order chi connectivity index (χ0) is 18.0. The Balaban J connectivity index is 0.00000243. The van der Waals surface area contributed by atoms with E-state index in [2.05, 4.69) is 15.1 Å². The molecular weight excluding hydrogens is 374 g/mol.